The van der Waals surface area contributed by atoms with Gasteiger partial charge in [0.05, 0.1) is 10.7 Å². The summed E-state index contributed by atoms with van der Waals surface area (Å²) >= 11 is 11.8. The van der Waals surface area contributed by atoms with E-state index in [0.717, 1.165) is 22.7 Å². The van der Waals surface area contributed by atoms with Crippen LogP contribution in [0.1, 0.15) is 40.5 Å². The average Bonchev–Trinajstić information content (AvgIpc) is 2.83. The highest BCUT2D eigenvalue weighted by Crippen LogP contribution is 2.34. The van der Waals surface area contributed by atoms with Gasteiger partial charge in [0.25, 0.3) is 17.9 Å². The molecule has 1 aliphatic rings. The fraction of sp³-hybridized carbons (Fsp3) is 0.318. The van der Waals surface area contributed by atoms with E-state index in [1.807, 2.05) is 0 Å². The maximum absolute atomic E-state index is 14.4. The van der Waals surface area contributed by atoms with Gasteiger partial charge in [-0.25, -0.2) is 32.3 Å². The van der Waals surface area contributed by atoms with Gasteiger partial charge in [-0.3, -0.25) is 9.20 Å². The number of alkyl halides is 4. The normalized spacial score (nSPS) is 16.0. The number of anilines is 2. The molecule has 0 spiro atoms. The van der Waals surface area contributed by atoms with E-state index >= 15 is 0 Å². The summed E-state index contributed by atoms with van der Waals surface area (Å²) in [6.07, 6.45) is -3.19. The van der Waals surface area contributed by atoms with Crippen molar-refractivity contribution in [2.24, 2.45) is 0 Å². The number of carboxylic acids is 1. The summed E-state index contributed by atoms with van der Waals surface area (Å²) in [7, 11) is 0. The summed E-state index contributed by atoms with van der Waals surface area (Å²) in [6, 6.07) is 3.21. The number of hydrogen-bond donors (Lipinski definition) is 2. The van der Waals surface area contributed by atoms with E-state index in [4.69, 9.17) is 23.2 Å². The molecule has 3 aromatic rings. The van der Waals surface area contributed by atoms with Crippen LogP contribution in [-0.4, -0.2) is 50.9 Å². The fourth-order valence-corrected chi connectivity index (χ4v) is 4.34. The minimum atomic E-state index is -3.18. The van der Waals surface area contributed by atoms with Crippen molar-refractivity contribution in [1.82, 2.24) is 14.4 Å². The molecule has 0 radical (unpaired) electrons. The van der Waals surface area contributed by atoms with Crippen LogP contribution in [0, 0.1) is 11.3 Å². The average molecular weight is 559 g/mol. The Morgan fingerprint density at radius 2 is 1.89 bits per heavy atom. The molecule has 2 N–H and O–H groups in total. The zero-order chi connectivity index (χ0) is 27.1. The SMILES string of the molecule is N#Cc1c(N2CCC(F)(F)CC2)nc2c([C@@H](Nc3ccc(Cl)nc3C(=O)O)C(F)F)cc(Cl)cn2c1=O. The number of halogens is 6. The van der Waals surface area contributed by atoms with Crippen LogP contribution in [0.5, 0.6) is 0 Å². The fourth-order valence-electron chi connectivity index (χ4n) is 3.98. The summed E-state index contributed by atoms with van der Waals surface area (Å²) in [4.78, 5) is 34.0. The topological polar surface area (TPSA) is 124 Å². The quantitative estimate of drug-likeness (QED) is 0.332. The molecule has 194 valence electrons. The van der Waals surface area contributed by atoms with Gasteiger partial charge in [0, 0.05) is 37.7 Å². The summed E-state index contributed by atoms with van der Waals surface area (Å²) in [6.45, 7) is -0.440. The van der Waals surface area contributed by atoms with Crippen LogP contribution >= 0.6 is 23.2 Å². The number of hydrogen-bond acceptors (Lipinski definition) is 7. The highest BCUT2D eigenvalue weighted by atomic mass is 35.5. The first-order valence-corrected chi connectivity index (χ1v) is 11.4. The van der Waals surface area contributed by atoms with E-state index in [0.29, 0.717) is 0 Å². The maximum Gasteiger partial charge on any atom is 0.356 e. The van der Waals surface area contributed by atoms with Crippen molar-refractivity contribution in [2.45, 2.75) is 31.2 Å². The Kier molecular flexibility index (Phi) is 7.16. The smallest absolute Gasteiger partial charge is 0.356 e. The van der Waals surface area contributed by atoms with Crippen LogP contribution in [-0.2, 0) is 0 Å². The van der Waals surface area contributed by atoms with Crippen molar-refractivity contribution in [3.8, 4) is 6.07 Å². The highest BCUT2D eigenvalue weighted by molar-refractivity contribution is 6.30. The molecule has 1 fully saturated rings. The summed E-state index contributed by atoms with van der Waals surface area (Å²) < 4.78 is 56.9. The van der Waals surface area contributed by atoms with Gasteiger partial charge in [0.2, 0.25) is 0 Å². The first-order chi connectivity index (χ1) is 17.4. The molecule has 1 aliphatic heterocycles. The Balaban J connectivity index is 1.90. The monoisotopic (exact) mass is 558 g/mol. The van der Waals surface area contributed by atoms with Gasteiger partial charge in [0.1, 0.15) is 22.9 Å². The molecule has 1 saturated heterocycles. The number of aromatic nitrogens is 3. The third-order valence-corrected chi connectivity index (χ3v) is 6.19. The first kappa shape index (κ1) is 26.4. The largest absolute Gasteiger partial charge is 0.476 e. The Bertz CT molecular complexity index is 1480. The predicted molar refractivity (Wildman–Crippen MR) is 126 cm³/mol. The molecule has 15 heteroatoms. The number of nitrogens with one attached hydrogen (secondary N) is 1. The van der Waals surface area contributed by atoms with Crippen molar-refractivity contribution in [1.29, 1.82) is 5.26 Å². The molecular formula is C22H16Cl2F4N6O3. The van der Waals surface area contributed by atoms with Crippen LogP contribution in [0.3, 0.4) is 0 Å². The van der Waals surface area contributed by atoms with Crippen LogP contribution < -0.4 is 15.8 Å². The molecule has 0 aliphatic carbocycles. The van der Waals surface area contributed by atoms with Crippen molar-refractivity contribution in [2.75, 3.05) is 23.3 Å². The Labute approximate surface area is 215 Å². The second-order valence-electron chi connectivity index (χ2n) is 8.17. The van der Waals surface area contributed by atoms with E-state index in [1.165, 1.54) is 11.0 Å². The minimum Gasteiger partial charge on any atom is -0.476 e. The van der Waals surface area contributed by atoms with Crippen molar-refractivity contribution >= 4 is 46.3 Å². The first-order valence-electron chi connectivity index (χ1n) is 10.6. The molecule has 37 heavy (non-hydrogen) atoms. The molecule has 0 unspecified atom stereocenters. The standard InChI is InChI=1S/C22H16Cl2F4N6O3/c23-10-7-11(15(17(25)26)30-13-1-2-14(24)31-16(13)21(36)37)19-32-18(12(8-29)20(35)34(19)9-10)33-5-3-22(27,28)4-6-33/h1-2,7,9,15,17,30H,3-6H2,(H,36,37)/t15-/m1/s1. The van der Waals surface area contributed by atoms with Crippen LogP contribution in [0.2, 0.25) is 10.2 Å². The zero-order valence-electron chi connectivity index (χ0n) is 18.6. The molecule has 0 bridgehead atoms. The molecular weight excluding hydrogens is 543 g/mol. The lowest BCUT2D eigenvalue weighted by molar-refractivity contribution is -0.0221. The van der Waals surface area contributed by atoms with Crippen molar-refractivity contribution in [3.05, 3.63) is 61.7 Å². The second-order valence-corrected chi connectivity index (χ2v) is 8.99. The molecule has 0 amide bonds. The number of carboxylic acid groups (broad SMARTS) is 1. The second kappa shape index (κ2) is 10.0. The molecule has 4 rings (SSSR count). The zero-order valence-corrected chi connectivity index (χ0v) is 20.1. The number of nitrogens with zero attached hydrogens (tertiary/aromatic N) is 5. The van der Waals surface area contributed by atoms with Gasteiger partial charge in [-0.15, -0.1) is 0 Å². The van der Waals surface area contributed by atoms with E-state index in [9.17, 15) is 37.5 Å². The lowest BCUT2D eigenvalue weighted by Crippen LogP contribution is -2.41. The maximum atomic E-state index is 14.4. The lowest BCUT2D eigenvalue weighted by atomic mass is 10.1. The van der Waals surface area contributed by atoms with Crippen LogP contribution in [0.15, 0.2) is 29.2 Å². The van der Waals surface area contributed by atoms with E-state index in [2.05, 4.69) is 15.3 Å². The number of fused-ring (bicyclic) bond motifs is 1. The Morgan fingerprint density at radius 1 is 1.22 bits per heavy atom. The molecule has 3 aromatic heterocycles. The molecule has 0 saturated carbocycles. The number of aromatic carboxylic acids is 1. The van der Waals surface area contributed by atoms with Crippen LogP contribution in [0.25, 0.3) is 5.65 Å². The third-order valence-electron chi connectivity index (χ3n) is 5.77. The lowest BCUT2D eigenvalue weighted by Gasteiger charge is -2.33. The van der Waals surface area contributed by atoms with Crippen molar-refractivity contribution < 1.29 is 27.5 Å². The number of pyridine rings is 2. The predicted octanol–water partition coefficient (Wildman–Crippen LogP) is 4.62. The van der Waals surface area contributed by atoms with Gasteiger partial charge >= 0.3 is 5.97 Å². The minimum absolute atomic E-state index is 0.152. The van der Waals surface area contributed by atoms with Gasteiger partial charge in [-0.2, -0.15) is 5.26 Å². The molecule has 1 atom stereocenters. The summed E-state index contributed by atoms with van der Waals surface area (Å²) in [5.41, 5.74) is -2.95. The Morgan fingerprint density at radius 3 is 2.49 bits per heavy atom. The molecule has 9 nitrogen and oxygen atoms in total. The van der Waals surface area contributed by atoms with E-state index in [-0.39, 0.29) is 46.0 Å². The molecule has 4 heterocycles. The number of carbonyl (C=O) groups is 1. The number of piperidine rings is 1. The van der Waals surface area contributed by atoms with Gasteiger partial charge in [-0.05, 0) is 18.2 Å². The van der Waals surface area contributed by atoms with Gasteiger partial charge in [-0.1, -0.05) is 23.2 Å². The summed E-state index contributed by atoms with van der Waals surface area (Å²) in [5, 5.41) is 21.1. The highest BCUT2D eigenvalue weighted by Gasteiger charge is 2.36. The number of rotatable bonds is 6. The van der Waals surface area contributed by atoms with E-state index in [1.54, 1.807) is 6.07 Å². The van der Waals surface area contributed by atoms with Crippen molar-refractivity contribution in [3.63, 3.8) is 0 Å². The Hall–Kier alpha value is -3.63. The van der Waals surface area contributed by atoms with Crippen LogP contribution in [0.4, 0.5) is 29.1 Å². The summed E-state index contributed by atoms with van der Waals surface area (Å²) in [5.74, 6) is -4.68. The van der Waals surface area contributed by atoms with E-state index < -0.39 is 54.0 Å². The van der Waals surface area contributed by atoms with Gasteiger partial charge in [0.15, 0.2) is 17.1 Å². The molecule has 0 aromatic carbocycles. The number of nitriles is 1. The third kappa shape index (κ3) is 5.26. The van der Waals surface area contributed by atoms with Gasteiger partial charge < -0.3 is 15.3 Å².